The van der Waals surface area contributed by atoms with Gasteiger partial charge in [0, 0.05) is 33.9 Å². The van der Waals surface area contributed by atoms with E-state index < -0.39 is 11.6 Å². The number of aryl methyl sites for hydroxylation is 1. The topological polar surface area (TPSA) is 55.0 Å². The molecule has 0 amide bonds. The summed E-state index contributed by atoms with van der Waals surface area (Å²) in [7, 11) is 0. The Morgan fingerprint density at radius 1 is 1.11 bits per heavy atom. The largest absolute Gasteiger partial charge is 0.451 e. The maximum Gasteiger partial charge on any atom is 0.350 e. The second kappa shape index (κ2) is 6.14. The zero-order chi connectivity index (χ0) is 19.2. The average Bonchev–Trinajstić information content (AvgIpc) is 3.08. The fourth-order valence-corrected chi connectivity index (χ4v) is 3.83. The van der Waals surface area contributed by atoms with Gasteiger partial charge in [-0.1, -0.05) is 36.4 Å². The molecule has 0 aliphatic carbocycles. The van der Waals surface area contributed by atoms with Crippen molar-refractivity contribution in [2.75, 3.05) is 0 Å². The Morgan fingerprint density at radius 2 is 1.85 bits per heavy atom. The van der Waals surface area contributed by atoms with Crippen molar-refractivity contribution < 1.29 is 9.53 Å². The minimum absolute atomic E-state index is 0.0833. The third-order valence-corrected chi connectivity index (χ3v) is 5.14. The van der Waals surface area contributed by atoms with Crippen molar-refractivity contribution in [3.8, 4) is 6.07 Å². The number of aromatic nitrogens is 1. The van der Waals surface area contributed by atoms with E-state index in [4.69, 9.17) is 4.74 Å². The van der Waals surface area contributed by atoms with E-state index in [1.165, 1.54) is 21.8 Å². The minimum Gasteiger partial charge on any atom is -0.451 e. The Kier molecular flexibility index (Phi) is 3.89. The number of nitriles is 1. The highest BCUT2D eigenvalue weighted by atomic mass is 16.6. The SMILES string of the molecule is CCn1c2ccccc2c2cc(/C=C/C3=C(C#N)C(=O)OC3(C)C)ccc21. The molecule has 0 spiro atoms. The van der Waals surface area contributed by atoms with Gasteiger partial charge >= 0.3 is 5.97 Å². The molecule has 0 unspecified atom stereocenters. The third-order valence-electron chi connectivity index (χ3n) is 5.14. The molecular weight excluding hydrogens is 336 g/mol. The van der Waals surface area contributed by atoms with E-state index >= 15 is 0 Å². The normalized spacial score (nSPS) is 16.4. The maximum atomic E-state index is 11.9. The molecule has 0 fully saturated rings. The Bertz CT molecular complexity index is 1190. The van der Waals surface area contributed by atoms with Gasteiger partial charge in [-0.15, -0.1) is 0 Å². The van der Waals surface area contributed by atoms with Crippen LogP contribution in [0.1, 0.15) is 26.3 Å². The van der Waals surface area contributed by atoms with Gasteiger partial charge < -0.3 is 9.30 Å². The molecule has 27 heavy (non-hydrogen) atoms. The summed E-state index contributed by atoms with van der Waals surface area (Å²) in [6.07, 6.45) is 3.76. The van der Waals surface area contributed by atoms with Crippen molar-refractivity contribution in [1.82, 2.24) is 4.57 Å². The molecule has 2 aromatic carbocycles. The molecule has 1 aliphatic heterocycles. The number of ether oxygens (including phenoxy) is 1. The van der Waals surface area contributed by atoms with Gasteiger partial charge in [0.25, 0.3) is 0 Å². The van der Waals surface area contributed by atoms with Crippen molar-refractivity contribution in [3.05, 3.63) is 65.3 Å². The van der Waals surface area contributed by atoms with Gasteiger partial charge in [0.2, 0.25) is 0 Å². The Hall–Kier alpha value is -3.32. The van der Waals surface area contributed by atoms with Crippen LogP contribution < -0.4 is 0 Å². The lowest BCUT2D eigenvalue weighted by molar-refractivity contribution is -0.144. The first-order valence-electron chi connectivity index (χ1n) is 9.03. The molecule has 0 N–H and O–H groups in total. The van der Waals surface area contributed by atoms with Crippen LogP contribution >= 0.6 is 0 Å². The number of rotatable bonds is 3. The number of cyclic esters (lactones) is 1. The second-order valence-corrected chi connectivity index (χ2v) is 7.17. The predicted molar refractivity (Wildman–Crippen MR) is 107 cm³/mol. The zero-order valence-electron chi connectivity index (χ0n) is 15.6. The number of carbonyl (C=O) groups is 1. The molecule has 134 valence electrons. The van der Waals surface area contributed by atoms with E-state index in [0.717, 1.165) is 12.1 Å². The maximum absolute atomic E-state index is 11.9. The second-order valence-electron chi connectivity index (χ2n) is 7.17. The van der Waals surface area contributed by atoms with Crippen LogP contribution in [0, 0.1) is 11.3 Å². The molecule has 0 saturated carbocycles. The molecule has 0 radical (unpaired) electrons. The van der Waals surface area contributed by atoms with Crippen LogP contribution in [-0.2, 0) is 16.1 Å². The molecule has 0 atom stereocenters. The highest BCUT2D eigenvalue weighted by Crippen LogP contribution is 2.34. The fraction of sp³-hybridized carbons (Fsp3) is 0.217. The van der Waals surface area contributed by atoms with Crippen LogP contribution in [0.3, 0.4) is 0 Å². The monoisotopic (exact) mass is 356 g/mol. The van der Waals surface area contributed by atoms with E-state index in [-0.39, 0.29) is 5.57 Å². The minimum atomic E-state index is -0.791. The van der Waals surface area contributed by atoms with Gasteiger partial charge in [-0.05, 0) is 44.5 Å². The molecular formula is C23H20N2O2. The summed E-state index contributed by atoms with van der Waals surface area (Å²) >= 11 is 0. The summed E-state index contributed by atoms with van der Waals surface area (Å²) in [6.45, 7) is 6.65. The van der Waals surface area contributed by atoms with Gasteiger partial charge in [0.1, 0.15) is 17.2 Å². The number of para-hydroxylation sites is 1. The molecule has 4 rings (SSSR count). The lowest BCUT2D eigenvalue weighted by Gasteiger charge is -2.18. The lowest BCUT2D eigenvalue weighted by Crippen LogP contribution is -2.22. The molecule has 0 saturated heterocycles. The number of esters is 1. The zero-order valence-corrected chi connectivity index (χ0v) is 15.6. The van der Waals surface area contributed by atoms with Crippen LogP contribution in [0.5, 0.6) is 0 Å². The summed E-state index contributed by atoms with van der Waals surface area (Å²) in [5.74, 6) is -0.552. The van der Waals surface area contributed by atoms with Crippen LogP contribution in [0.25, 0.3) is 27.9 Å². The van der Waals surface area contributed by atoms with Gasteiger partial charge in [-0.3, -0.25) is 0 Å². The first-order chi connectivity index (χ1) is 13.0. The van der Waals surface area contributed by atoms with Gasteiger partial charge in [-0.2, -0.15) is 5.26 Å². The lowest BCUT2D eigenvalue weighted by atomic mass is 9.95. The standard InChI is InChI=1S/C23H20N2O2/c1-4-25-20-8-6-5-7-16(20)17-13-15(10-12-21(17)25)9-11-19-18(14-24)22(26)27-23(19,2)3/h5-13H,4H2,1-3H3/b11-9+. The fourth-order valence-electron chi connectivity index (χ4n) is 3.83. The van der Waals surface area contributed by atoms with Crippen LogP contribution in [-0.4, -0.2) is 16.1 Å². The van der Waals surface area contributed by atoms with E-state index in [0.29, 0.717) is 5.57 Å². The van der Waals surface area contributed by atoms with Crippen molar-refractivity contribution >= 4 is 33.9 Å². The van der Waals surface area contributed by atoms with Gasteiger partial charge in [0.05, 0.1) is 0 Å². The first-order valence-corrected chi connectivity index (χ1v) is 9.03. The highest BCUT2D eigenvalue weighted by molar-refractivity contribution is 6.08. The Labute approximate surface area is 158 Å². The molecule has 2 heterocycles. The van der Waals surface area contributed by atoms with Crippen LogP contribution in [0.2, 0.25) is 0 Å². The summed E-state index contributed by atoms with van der Waals surface area (Å²) < 4.78 is 7.62. The van der Waals surface area contributed by atoms with Crippen molar-refractivity contribution in [2.45, 2.75) is 32.9 Å². The average molecular weight is 356 g/mol. The first kappa shape index (κ1) is 17.1. The number of hydrogen-bond donors (Lipinski definition) is 0. The number of benzene rings is 2. The predicted octanol–water partition coefficient (Wildman–Crippen LogP) is 4.98. The molecule has 1 aliphatic rings. The summed E-state index contributed by atoms with van der Waals surface area (Å²) in [5, 5.41) is 11.7. The molecule has 4 heteroatoms. The molecule has 1 aromatic heterocycles. The Morgan fingerprint density at radius 3 is 2.59 bits per heavy atom. The quantitative estimate of drug-likeness (QED) is 0.622. The number of nitrogens with zero attached hydrogens (tertiary/aromatic N) is 2. The van der Waals surface area contributed by atoms with E-state index in [1.807, 2.05) is 18.2 Å². The van der Waals surface area contributed by atoms with Gasteiger partial charge in [0.15, 0.2) is 0 Å². The van der Waals surface area contributed by atoms with E-state index in [9.17, 15) is 10.1 Å². The van der Waals surface area contributed by atoms with E-state index in [2.05, 4.69) is 54.0 Å². The summed E-state index contributed by atoms with van der Waals surface area (Å²) in [4.78, 5) is 11.9. The summed E-state index contributed by atoms with van der Waals surface area (Å²) in [5.41, 5.74) is 3.35. The van der Waals surface area contributed by atoms with Crippen LogP contribution in [0.4, 0.5) is 0 Å². The highest BCUT2D eigenvalue weighted by Gasteiger charge is 2.39. The van der Waals surface area contributed by atoms with Crippen molar-refractivity contribution in [1.29, 1.82) is 5.26 Å². The molecule has 3 aromatic rings. The van der Waals surface area contributed by atoms with Crippen molar-refractivity contribution in [2.24, 2.45) is 0 Å². The molecule has 0 bridgehead atoms. The number of fused-ring (bicyclic) bond motifs is 3. The molecule has 4 nitrogen and oxygen atoms in total. The van der Waals surface area contributed by atoms with Crippen LogP contribution in [0.15, 0.2) is 59.7 Å². The third kappa shape index (κ3) is 2.63. The van der Waals surface area contributed by atoms with Crippen molar-refractivity contribution in [3.63, 3.8) is 0 Å². The van der Waals surface area contributed by atoms with Gasteiger partial charge in [-0.25, -0.2) is 4.79 Å². The number of hydrogen-bond acceptors (Lipinski definition) is 3. The van der Waals surface area contributed by atoms with E-state index in [1.54, 1.807) is 13.8 Å². The Balaban J connectivity index is 1.83. The smallest absolute Gasteiger partial charge is 0.350 e. The summed E-state index contributed by atoms with van der Waals surface area (Å²) in [6, 6.07) is 16.7. The number of carbonyl (C=O) groups excluding carboxylic acids is 1.